The molecule has 3 atom stereocenters. The van der Waals surface area contributed by atoms with Crippen molar-refractivity contribution in [2.75, 3.05) is 26.2 Å². The second-order valence-electron chi connectivity index (χ2n) is 7.80. The van der Waals surface area contributed by atoms with E-state index in [2.05, 4.69) is 10.6 Å². The number of aliphatic hydroxyl groups excluding tert-OH is 1. The van der Waals surface area contributed by atoms with Crippen molar-refractivity contribution >= 4 is 23.8 Å². The summed E-state index contributed by atoms with van der Waals surface area (Å²) < 4.78 is 0. The number of rotatable bonds is 17. The lowest BCUT2D eigenvalue weighted by Crippen LogP contribution is -2.46. The third kappa shape index (κ3) is 13.1. The lowest BCUT2D eigenvalue weighted by Gasteiger charge is -2.25. The first-order valence-corrected chi connectivity index (χ1v) is 10.0. The summed E-state index contributed by atoms with van der Waals surface area (Å²) in [6, 6.07) is -1.23. The Balaban J connectivity index is 4.30. The number of hydrogen-bond acceptors (Lipinski definition) is 7. The molecule has 0 aliphatic rings. The molecule has 0 saturated carbocycles. The summed E-state index contributed by atoms with van der Waals surface area (Å²) in [5.74, 6) is -3.96. The number of aliphatic hydroxyl groups is 1. The maximum absolute atomic E-state index is 12.0. The van der Waals surface area contributed by atoms with Gasteiger partial charge in [0.25, 0.3) is 0 Å². The summed E-state index contributed by atoms with van der Waals surface area (Å²) in [6.45, 7) is 5.11. The van der Waals surface area contributed by atoms with E-state index in [1.165, 1.54) is 0 Å². The van der Waals surface area contributed by atoms with E-state index in [1.807, 2.05) is 20.8 Å². The fourth-order valence-corrected chi connectivity index (χ4v) is 2.79. The summed E-state index contributed by atoms with van der Waals surface area (Å²) in [6.07, 6.45) is 0.576. The summed E-state index contributed by atoms with van der Waals surface area (Å²) >= 11 is 0. The van der Waals surface area contributed by atoms with E-state index in [0.29, 0.717) is 25.9 Å². The van der Waals surface area contributed by atoms with Gasteiger partial charge in [-0.2, -0.15) is 0 Å². The lowest BCUT2D eigenvalue weighted by atomic mass is 10.1. The van der Waals surface area contributed by atoms with Gasteiger partial charge in [0.2, 0.25) is 5.91 Å². The van der Waals surface area contributed by atoms with E-state index in [0.717, 1.165) is 4.90 Å². The van der Waals surface area contributed by atoms with E-state index in [4.69, 9.17) is 10.2 Å². The Labute approximate surface area is 176 Å². The number of amides is 1. The molecule has 0 rings (SSSR count). The SMILES string of the molecule is CC(CNC(O)C(C)C)CC(=O)NCCCCC(C(=O)O)N(CC(=O)O)CC(=O)O. The Bertz CT molecular complexity index is 554. The molecule has 0 aromatic heterocycles. The first kappa shape index (κ1) is 27.8. The molecule has 0 aromatic carbocycles. The van der Waals surface area contributed by atoms with Gasteiger partial charge in [0.15, 0.2) is 0 Å². The third-order valence-electron chi connectivity index (χ3n) is 4.47. The van der Waals surface area contributed by atoms with Crippen LogP contribution in [0.4, 0.5) is 0 Å². The van der Waals surface area contributed by atoms with Crippen molar-refractivity contribution in [2.45, 2.75) is 58.7 Å². The maximum Gasteiger partial charge on any atom is 0.320 e. The number of carboxylic acids is 3. The molecule has 0 aliphatic carbocycles. The summed E-state index contributed by atoms with van der Waals surface area (Å²) in [5, 5.41) is 42.5. The number of nitrogens with zero attached hydrogens (tertiary/aromatic N) is 1. The fourth-order valence-electron chi connectivity index (χ4n) is 2.79. The standard InChI is InChI=1S/C19H35N3O8/c1-12(2)18(28)21-9-13(3)8-15(23)20-7-5-4-6-14(19(29)30)22(10-16(24)25)11-17(26)27/h12-14,18,21,28H,4-11H2,1-3H3,(H,20,23)(H,24,25)(H,26,27)(H,29,30). The van der Waals surface area contributed by atoms with Gasteiger partial charge >= 0.3 is 17.9 Å². The van der Waals surface area contributed by atoms with Crippen LogP contribution in [0.2, 0.25) is 0 Å². The predicted octanol–water partition coefficient (Wildman–Crippen LogP) is -0.212. The van der Waals surface area contributed by atoms with E-state index >= 15 is 0 Å². The molecule has 0 radical (unpaired) electrons. The molecule has 0 saturated heterocycles. The zero-order valence-electron chi connectivity index (χ0n) is 17.8. The van der Waals surface area contributed by atoms with Gasteiger partial charge in [-0.25, -0.2) is 0 Å². The van der Waals surface area contributed by atoms with Crippen molar-refractivity contribution in [3.8, 4) is 0 Å². The number of unbranched alkanes of at least 4 members (excludes halogenated alkanes) is 1. The first-order valence-electron chi connectivity index (χ1n) is 10.0. The van der Waals surface area contributed by atoms with Crippen LogP contribution in [0, 0.1) is 11.8 Å². The van der Waals surface area contributed by atoms with Gasteiger partial charge in [0, 0.05) is 19.5 Å². The predicted molar refractivity (Wildman–Crippen MR) is 108 cm³/mol. The second-order valence-corrected chi connectivity index (χ2v) is 7.80. The summed E-state index contributed by atoms with van der Waals surface area (Å²) in [7, 11) is 0. The van der Waals surface area contributed by atoms with Crippen molar-refractivity contribution in [1.82, 2.24) is 15.5 Å². The van der Waals surface area contributed by atoms with E-state index in [1.54, 1.807) is 0 Å². The number of carboxylic acid groups (broad SMARTS) is 3. The average Bonchev–Trinajstić information content (AvgIpc) is 2.60. The highest BCUT2D eigenvalue weighted by molar-refractivity contribution is 5.78. The van der Waals surface area contributed by atoms with E-state index < -0.39 is 43.3 Å². The molecule has 6 N–H and O–H groups in total. The van der Waals surface area contributed by atoms with Crippen molar-refractivity contribution in [3.05, 3.63) is 0 Å². The van der Waals surface area contributed by atoms with Gasteiger partial charge in [-0.3, -0.25) is 29.4 Å². The molecule has 0 spiro atoms. The quantitative estimate of drug-likeness (QED) is 0.133. The van der Waals surface area contributed by atoms with Crippen LogP contribution in [-0.4, -0.2) is 87.6 Å². The number of aliphatic carboxylic acids is 3. The zero-order valence-corrected chi connectivity index (χ0v) is 17.8. The minimum absolute atomic E-state index is 0.0235. The second kappa shape index (κ2) is 14.7. The van der Waals surface area contributed by atoms with Gasteiger partial charge in [0.05, 0.1) is 13.1 Å². The minimum atomic E-state index is -1.31. The van der Waals surface area contributed by atoms with Gasteiger partial charge in [-0.15, -0.1) is 0 Å². The molecular formula is C19H35N3O8. The van der Waals surface area contributed by atoms with Crippen LogP contribution in [0.3, 0.4) is 0 Å². The Hall–Kier alpha value is -2.24. The lowest BCUT2D eigenvalue weighted by molar-refractivity contribution is -0.149. The highest BCUT2D eigenvalue weighted by Gasteiger charge is 2.28. The number of carbonyl (C=O) groups excluding carboxylic acids is 1. The van der Waals surface area contributed by atoms with Crippen LogP contribution in [-0.2, 0) is 19.2 Å². The van der Waals surface area contributed by atoms with Gasteiger partial charge in [-0.05, 0) is 31.1 Å². The smallest absolute Gasteiger partial charge is 0.320 e. The van der Waals surface area contributed by atoms with Crippen molar-refractivity contribution in [3.63, 3.8) is 0 Å². The molecule has 0 fully saturated rings. The van der Waals surface area contributed by atoms with Crippen LogP contribution < -0.4 is 10.6 Å². The topological polar surface area (TPSA) is 176 Å². The minimum Gasteiger partial charge on any atom is -0.480 e. The monoisotopic (exact) mass is 433 g/mol. The molecule has 11 nitrogen and oxygen atoms in total. The number of carbonyl (C=O) groups is 4. The van der Waals surface area contributed by atoms with Crippen molar-refractivity contribution in [2.24, 2.45) is 11.8 Å². The molecule has 11 heteroatoms. The number of hydrogen-bond donors (Lipinski definition) is 6. The zero-order chi connectivity index (χ0) is 23.3. The Morgan fingerprint density at radius 1 is 0.933 bits per heavy atom. The van der Waals surface area contributed by atoms with E-state index in [-0.39, 0.29) is 30.6 Å². The van der Waals surface area contributed by atoms with Crippen LogP contribution in [0.25, 0.3) is 0 Å². The summed E-state index contributed by atoms with van der Waals surface area (Å²) in [4.78, 5) is 46.0. The molecule has 0 bridgehead atoms. The average molecular weight is 434 g/mol. The highest BCUT2D eigenvalue weighted by atomic mass is 16.4. The highest BCUT2D eigenvalue weighted by Crippen LogP contribution is 2.10. The first-order chi connectivity index (χ1) is 13.9. The van der Waals surface area contributed by atoms with Crippen molar-refractivity contribution in [1.29, 1.82) is 0 Å². The van der Waals surface area contributed by atoms with Gasteiger partial charge in [0.1, 0.15) is 12.3 Å². The molecule has 30 heavy (non-hydrogen) atoms. The van der Waals surface area contributed by atoms with Gasteiger partial charge in [-0.1, -0.05) is 20.8 Å². The van der Waals surface area contributed by atoms with Crippen molar-refractivity contribution < 1.29 is 39.6 Å². The van der Waals surface area contributed by atoms with Crippen LogP contribution in [0.1, 0.15) is 46.5 Å². The normalized spacial score (nSPS) is 14.3. The molecule has 3 unspecified atom stereocenters. The molecule has 0 heterocycles. The molecule has 174 valence electrons. The number of nitrogens with one attached hydrogen (secondary N) is 2. The molecule has 1 amide bonds. The molecule has 0 aromatic rings. The summed E-state index contributed by atoms with van der Waals surface area (Å²) in [5.41, 5.74) is 0. The molecule has 0 aliphatic heterocycles. The van der Waals surface area contributed by atoms with E-state index in [9.17, 15) is 29.4 Å². The largest absolute Gasteiger partial charge is 0.480 e. The maximum atomic E-state index is 12.0. The Kier molecular flexibility index (Phi) is 13.6. The molecular weight excluding hydrogens is 398 g/mol. The Morgan fingerprint density at radius 2 is 1.50 bits per heavy atom. The Morgan fingerprint density at radius 3 is 1.97 bits per heavy atom. The van der Waals surface area contributed by atoms with Crippen LogP contribution in [0.5, 0.6) is 0 Å². The third-order valence-corrected chi connectivity index (χ3v) is 4.47. The fraction of sp³-hybridized carbons (Fsp3) is 0.789. The van der Waals surface area contributed by atoms with Crippen LogP contribution in [0.15, 0.2) is 0 Å². The van der Waals surface area contributed by atoms with Crippen LogP contribution >= 0.6 is 0 Å². The van der Waals surface area contributed by atoms with Gasteiger partial charge < -0.3 is 25.7 Å².